The second kappa shape index (κ2) is 5.17. The Balaban J connectivity index is 1.80. The van der Waals surface area contributed by atoms with E-state index in [0.717, 1.165) is 18.8 Å². The van der Waals surface area contributed by atoms with Gasteiger partial charge < -0.3 is 10.6 Å². The number of nitrogens with one attached hydrogen (secondary N) is 1. The Bertz CT molecular complexity index is 473. The number of hydrogen-bond acceptors (Lipinski definition) is 4. The van der Waals surface area contributed by atoms with Gasteiger partial charge in [0.25, 0.3) is 0 Å². The zero-order valence-electron chi connectivity index (χ0n) is 11.2. The third-order valence-corrected chi connectivity index (χ3v) is 4.19. The summed E-state index contributed by atoms with van der Waals surface area (Å²) in [6.07, 6.45) is 5.59. The number of fused-ring (bicyclic) bond motifs is 1. The van der Waals surface area contributed by atoms with Crippen LogP contribution in [0.25, 0.3) is 0 Å². The molecule has 0 amide bonds. The van der Waals surface area contributed by atoms with Crippen LogP contribution in [0.2, 0.25) is 0 Å². The van der Waals surface area contributed by atoms with Crippen LogP contribution in [-0.4, -0.2) is 47.9 Å². The monoisotopic (exact) mass is 259 g/mol. The third-order valence-electron chi connectivity index (χ3n) is 4.19. The van der Waals surface area contributed by atoms with E-state index in [0.29, 0.717) is 11.7 Å². The van der Waals surface area contributed by atoms with E-state index in [1.165, 1.54) is 32.4 Å². The van der Waals surface area contributed by atoms with Crippen molar-refractivity contribution in [3.63, 3.8) is 0 Å². The molecule has 3 N–H and O–H groups in total. The zero-order valence-corrected chi connectivity index (χ0v) is 11.2. The van der Waals surface area contributed by atoms with E-state index in [1.54, 1.807) is 6.20 Å². The van der Waals surface area contributed by atoms with Crippen LogP contribution in [0.15, 0.2) is 18.3 Å². The number of hydrogen-bond donors (Lipinski definition) is 2. The molecule has 1 aromatic heterocycles. The average Bonchev–Trinajstić information content (AvgIpc) is 2.76. The second-order valence-corrected chi connectivity index (χ2v) is 5.44. The van der Waals surface area contributed by atoms with E-state index in [4.69, 9.17) is 11.1 Å². The van der Waals surface area contributed by atoms with Gasteiger partial charge in [-0.05, 0) is 37.9 Å². The van der Waals surface area contributed by atoms with Gasteiger partial charge in [-0.25, -0.2) is 0 Å². The van der Waals surface area contributed by atoms with Crippen molar-refractivity contribution in [2.75, 3.05) is 31.1 Å². The first kappa shape index (κ1) is 12.4. The van der Waals surface area contributed by atoms with Crippen LogP contribution in [-0.2, 0) is 0 Å². The zero-order chi connectivity index (χ0) is 13.2. The molecule has 19 heavy (non-hydrogen) atoms. The number of nitrogens with two attached hydrogens (primary N) is 1. The van der Waals surface area contributed by atoms with Crippen molar-refractivity contribution in [1.82, 2.24) is 9.88 Å². The molecular formula is C14H21N5. The average molecular weight is 259 g/mol. The van der Waals surface area contributed by atoms with E-state index in [1.807, 2.05) is 12.1 Å². The molecule has 2 fully saturated rings. The van der Waals surface area contributed by atoms with Crippen molar-refractivity contribution < 1.29 is 0 Å². The maximum Gasteiger partial charge on any atom is 0.141 e. The van der Waals surface area contributed by atoms with Gasteiger partial charge in [0.05, 0.1) is 0 Å². The fourth-order valence-electron chi connectivity index (χ4n) is 3.20. The number of rotatable bonds is 2. The lowest BCUT2D eigenvalue weighted by Crippen LogP contribution is -2.36. The number of nitrogens with zero attached hydrogens (tertiary/aromatic N) is 3. The Hall–Kier alpha value is -1.62. The number of amidine groups is 1. The summed E-state index contributed by atoms with van der Waals surface area (Å²) in [6.45, 7) is 4.63. The number of nitrogen functional groups attached to an aromatic ring is 1. The molecule has 2 aliphatic rings. The molecule has 2 aliphatic heterocycles. The number of anilines is 1. The first-order chi connectivity index (χ1) is 9.24. The highest BCUT2D eigenvalue weighted by atomic mass is 15.3. The molecule has 5 nitrogen and oxygen atoms in total. The maximum atomic E-state index is 7.50. The molecular weight excluding hydrogens is 238 g/mol. The van der Waals surface area contributed by atoms with Crippen molar-refractivity contribution in [2.24, 2.45) is 5.73 Å². The van der Waals surface area contributed by atoms with Gasteiger partial charge in [-0.2, -0.15) is 0 Å². The van der Waals surface area contributed by atoms with Gasteiger partial charge in [-0.15, -0.1) is 0 Å². The van der Waals surface area contributed by atoms with Gasteiger partial charge in [0.15, 0.2) is 0 Å². The first-order valence-electron chi connectivity index (χ1n) is 7.03. The van der Waals surface area contributed by atoms with E-state index >= 15 is 0 Å². The van der Waals surface area contributed by atoms with Crippen LogP contribution in [0, 0.1) is 5.41 Å². The Labute approximate surface area is 113 Å². The van der Waals surface area contributed by atoms with Crippen molar-refractivity contribution in [3.8, 4) is 0 Å². The van der Waals surface area contributed by atoms with Crippen LogP contribution < -0.4 is 10.6 Å². The lowest BCUT2D eigenvalue weighted by molar-refractivity contribution is 0.273. The molecule has 0 saturated carbocycles. The predicted molar refractivity (Wildman–Crippen MR) is 76.7 cm³/mol. The Morgan fingerprint density at radius 3 is 3.00 bits per heavy atom. The molecule has 0 radical (unpaired) electrons. The highest BCUT2D eigenvalue weighted by molar-refractivity contribution is 5.93. The molecule has 5 heteroatoms. The fraction of sp³-hybridized carbons (Fsp3) is 0.571. The molecule has 0 aromatic carbocycles. The lowest BCUT2D eigenvalue weighted by Gasteiger charge is -2.27. The minimum atomic E-state index is 0.0409. The molecule has 102 valence electrons. The van der Waals surface area contributed by atoms with Gasteiger partial charge in [0.1, 0.15) is 11.5 Å². The summed E-state index contributed by atoms with van der Waals surface area (Å²) in [6, 6.07) is 4.65. The van der Waals surface area contributed by atoms with Crippen molar-refractivity contribution in [1.29, 1.82) is 5.41 Å². The van der Waals surface area contributed by atoms with Crippen LogP contribution >= 0.6 is 0 Å². The van der Waals surface area contributed by atoms with Gasteiger partial charge in [-0.3, -0.25) is 15.3 Å². The smallest absolute Gasteiger partial charge is 0.141 e. The maximum absolute atomic E-state index is 7.50. The molecule has 1 aromatic rings. The van der Waals surface area contributed by atoms with Crippen LogP contribution in [0.5, 0.6) is 0 Å². The molecule has 1 unspecified atom stereocenters. The highest BCUT2D eigenvalue weighted by Crippen LogP contribution is 2.25. The highest BCUT2D eigenvalue weighted by Gasteiger charge is 2.28. The standard InChI is InChI=1S/C14H21N5/c15-14(16)13-9-11(4-5-17-13)19-8-2-7-18-6-1-3-12(18)10-19/h4-5,9,12H,1-3,6-8,10H2,(H3,15,16). The Kier molecular flexibility index (Phi) is 3.38. The molecule has 3 rings (SSSR count). The quantitative estimate of drug-likeness (QED) is 0.615. The molecule has 0 bridgehead atoms. The summed E-state index contributed by atoms with van der Waals surface area (Å²) in [4.78, 5) is 9.18. The normalized spacial score (nSPS) is 24.0. The summed E-state index contributed by atoms with van der Waals surface area (Å²) in [7, 11) is 0. The molecule has 1 atom stereocenters. The van der Waals surface area contributed by atoms with Crippen LogP contribution in [0.1, 0.15) is 25.0 Å². The fourth-order valence-corrected chi connectivity index (χ4v) is 3.20. The molecule has 3 heterocycles. The number of aromatic nitrogens is 1. The molecule has 0 aliphatic carbocycles. The van der Waals surface area contributed by atoms with E-state index < -0.39 is 0 Å². The Morgan fingerprint density at radius 1 is 1.32 bits per heavy atom. The van der Waals surface area contributed by atoms with Crippen molar-refractivity contribution >= 4 is 11.5 Å². The molecule has 0 spiro atoms. The lowest BCUT2D eigenvalue weighted by atomic mass is 10.2. The van der Waals surface area contributed by atoms with E-state index in [9.17, 15) is 0 Å². The summed E-state index contributed by atoms with van der Waals surface area (Å²) in [5.74, 6) is 0.0409. The minimum absolute atomic E-state index is 0.0409. The summed E-state index contributed by atoms with van der Waals surface area (Å²) in [5, 5.41) is 7.50. The van der Waals surface area contributed by atoms with Crippen molar-refractivity contribution in [3.05, 3.63) is 24.0 Å². The van der Waals surface area contributed by atoms with E-state index in [2.05, 4.69) is 14.8 Å². The van der Waals surface area contributed by atoms with Gasteiger partial charge in [0, 0.05) is 37.6 Å². The Morgan fingerprint density at radius 2 is 2.16 bits per heavy atom. The van der Waals surface area contributed by atoms with Gasteiger partial charge in [0.2, 0.25) is 0 Å². The van der Waals surface area contributed by atoms with Gasteiger partial charge >= 0.3 is 0 Å². The van der Waals surface area contributed by atoms with Crippen molar-refractivity contribution in [2.45, 2.75) is 25.3 Å². The number of pyridine rings is 1. The van der Waals surface area contributed by atoms with Gasteiger partial charge in [-0.1, -0.05) is 0 Å². The first-order valence-corrected chi connectivity index (χ1v) is 7.03. The summed E-state index contributed by atoms with van der Waals surface area (Å²) < 4.78 is 0. The van der Waals surface area contributed by atoms with E-state index in [-0.39, 0.29) is 5.84 Å². The van der Waals surface area contributed by atoms with Crippen LogP contribution in [0.3, 0.4) is 0 Å². The van der Waals surface area contributed by atoms with Crippen LogP contribution in [0.4, 0.5) is 5.69 Å². The molecule has 2 saturated heterocycles. The summed E-state index contributed by atoms with van der Waals surface area (Å²) >= 11 is 0. The summed E-state index contributed by atoms with van der Waals surface area (Å²) in [5.41, 5.74) is 7.24. The topological polar surface area (TPSA) is 69.2 Å². The minimum Gasteiger partial charge on any atom is -0.382 e. The largest absolute Gasteiger partial charge is 0.382 e. The SMILES string of the molecule is N=C(N)c1cc(N2CCCN3CCCC3C2)ccn1. The second-order valence-electron chi connectivity index (χ2n) is 5.44. The predicted octanol–water partition coefficient (Wildman–Crippen LogP) is 1.04. The third kappa shape index (κ3) is 2.56.